The first-order chi connectivity index (χ1) is 9.88. The molecule has 0 fully saturated rings. The third-order valence-corrected chi connectivity index (χ3v) is 3.99. The highest BCUT2D eigenvalue weighted by molar-refractivity contribution is 7.19. The van der Waals surface area contributed by atoms with E-state index < -0.39 is 0 Å². The molecule has 0 bridgehead atoms. The van der Waals surface area contributed by atoms with Crippen LogP contribution in [0.1, 0.15) is 0 Å². The summed E-state index contributed by atoms with van der Waals surface area (Å²) in [6.45, 7) is 1.44. The molecule has 0 atom stereocenters. The van der Waals surface area contributed by atoms with Crippen LogP contribution in [0.4, 0.5) is 5.13 Å². The summed E-state index contributed by atoms with van der Waals surface area (Å²) in [6, 6.07) is 10.2. The number of thiazole rings is 1. The van der Waals surface area contributed by atoms with Crippen molar-refractivity contribution in [2.24, 2.45) is 0 Å². The first-order valence-corrected chi connectivity index (χ1v) is 7.23. The van der Waals surface area contributed by atoms with Gasteiger partial charge in [-0.1, -0.05) is 29.5 Å². The molecule has 0 saturated carbocycles. The molecule has 0 spiro atoms. The van der Waals surface area contributed by atoms with Crippen molar-refractivity contribution in [3.8, 4) is 10.4 Å². The number of benzene rings is 1. The van der Waals surface area contributed by atoms with E-state index in [0.717, 1.165) is 27.5 Å². The number of methoxy groups -OCH3 is 1. The minimum atomic E-state index is 0.674. The summed E-state index contributed by atoms with van der Waals surface area (Å²) in [5.74, 6) is 0. The zero-order valence-electron chi connectivity index (χ0n) is 11.2. The molecule has 1 N–H and O–H groups in total. The summed E-state index contributed by atoms with van der Waals surface area (Å²) >= 11 is 1.65. The Hall–Kier alpha value is -1.98. The zero-order chi connectivity index (χ0) is 13.8. The van der Waals surface area contributed by atoms with E-state index in [-0.39, 0.29) is 0 Å². The maximum atomic E-state index is 5.02. The van der Waals surface area contributed by atoms with E-state index in [1.807, 2.05) is 36.7 Å². The quantitative estimate of drug-likeness (QED) is 0.730. The number of pyridine rings is 1. The Labute approximate surface area is 121 Å². The number of anilines is 1. The third kappa shape index (κ3) is 2.64. The highest BCUT2D eigenvalue weighted by atomic mass is 32.1. The van der Waals surface area contributed by atoms with Gasteiger partial charge in [0.25, 0.3) is 0 Å². The molecule has 0 radical (unpaired) electrons. The maximum Gasteiger partial charge on any atom is 0.183 e. The van der Waals surface area contributed by atoms with E-state index in [9.17, 15) is 0 Å². The minimum absolute atomic E-state index is 0.674. The number of aromatic nitrogens is 2. The monoisotopic (exact) mass is 285 g/mol. The van der Waals surface area contributed by atoms with Crippen LogP contribution < -0.4 is 5.32 Å². The van der Waals surface area contributed by atoms with Crippen LogP contribution in [-0.2, 0) is 4.74 Å². The van der Waals surface area contributed by atoms with Crippen molar-refractivity contribution >= 4 is 27.4 Å². The lowest BCUT2D eigenvalue weighted by Gasteiger charge is -2.03. The molecule has 4 nitrogen and oxygen atoms in total. The van der Waals surface area contributed by atoms with Gasteiger partial charge >= 0.3 is 0 Å². The normalized spacial score (nSPS) is 10.8. The molecule has 2 heterocycles. The van der Waals surface area contributed by atoms with Gasteiger partial charge < -0.3 is 10.1 Å². The van der Waals surface area contributed by atoms with E-state index in [0.29, 0.717) is 6.61 Å². The Bertz CT molecular complexity index is 706. The van der Waals surface area contributed by atoms with Gasteiger partial charge in [0.2, 0.25) is 0 Å². The van der Waals surface area contributed by atoms with Gasteiger partial charge in [0.05, 0.1) is 17.0 Å². The van der Waals surface area contributed by atoms with Gasteiger partial charge in [0.15, 0.2) is 5.13 Å². The molecule has 0 unspecified atom stereocenters. The predicted molar refractivity (Wildman–Crippen MR) is 83.2 cm³/mol. The van der Waals surface area contributed by atoms with Crippen LogP contribution in [0.5, 0.6) is 0 Å². The summed E-state index contributed by atoms with van der Waals surface area (Å²) in [7, 11) is 1.69. The second-order valence-corrected chi connectivity index (χ2v) is 5.36. The Morgan fingerprint density at radius 1 is 1.20 bits per heavy atom. The standard InChI is InChI=1S/C15H15N3OS/c1-19-9-8-17-15-18-10-14(20-15)12-6-7-16-13-5-3-2-4-11(12)13/h2-7,10H,8-9H2,1H3,(H,17,18). The van der Waals surface area contributed by atoms with Crippen LogP contribution in [0.25, 0.3) is 21.3 Å². The van der Waals surface area contributed by atoms with Crippen molar-refractivity contribution in [3.05, 3.63) is 42.7 Å². The average molecular weight is 285 g/mol. The molecule has 2 aromatic heterocycles. The van der Waals surface area contributed by atoms with E-state index in [2.05, 4.69) is 21.4 Å². The van der Waals surface area contributed by atoms with Crippen molar-refractivity contribution in [1.29, 1.82) is 0 Å². The third-order valence-electron chi connectivity index (χ3n) is 3.00. The van der Waals surface area contributed by atoms with E-state index in [1.54, 1.807) is 18.4 Å². The molecule has 3 rings (SSSR count). The molecule has 20 heavy (non-hydrogen) atoms. The number of para-hydroxylation sites is 1. The van der Waals surface area contributed by atoms with Crippen LogP contribution in [0.2, 0.25) is 0 Å². The summed E-state index contributed by atoms with van der Waals surface area (Å²) in [6.07, 6.45) is 3.75. The van der Waals surface area contributed by atoms with E-state index in [4.69, 9.17) is 4.74 Å². The van der Waals surface area contributed by atoms with Gasteiger partial charge in [-0.25, -0.2) is 4.98 Å². The first kappa shape index (κ1) is 13.0. The Balaban J connectivity index is 1.91. The second-order valence-electron chi connectivity index (χ2n) is 4.32. The molecule has 102 valence electrons. The minimum Gasteiger partial charge on any atom is -0.383 e. The van der Waals surface area contributed by atoms with Crippen molar-refractivity contribution in [2.45, 2.75) is 0 Å². The van der Waals surface area contributed by atoms with E-state index >= 15 is 0 Å². The average Bonchev–Trinajstić information content (AvgIpc) is 2.96. The fourth-order valence-electron chi connectivity index (χ4n) is 2.05. The van der Waals surface area contributed by atoms with Gasteiger partial charge in [0.1, 0.15) is 0 Å². The number of hydrogen-bond donors (Lipinski definition) is 1. The number of ether oxygens (including phenoxy) is 1. The number of nitrogens with zero attached hydrogens (tertiary/aromatic N) is 2. The topological polar surface area (TPSA) is 47.0 Å². The molecule has 5 heteroatoms. The number of fused-ring (bicyclic) bond motifs is 1. The molecular formula is C15H15N3OS. The highest BCUT2D eigenvalue weighted by Gasteiger charge is 2.08. The Morgan fingerprint density at radius 3 is 3.00 bits per heavy atom. The lowest BCUT2D eigenvalue weighted by Crippen LogP contribution is -2.06. The fraction of sp³-hybridized carbons (Fsp3) is 0.200. The Kier molecular flexibility index (Phi) is 3.90. The van der Waals surface area contributed by atoms with Crippen LogP contribution >= 0.6 is 11.3 Å². The van der Waals surface area contributed by atoms with Crippen LogP contribution in [0, 0.1) is 0 Å². The number of nitrogens with one attached hydrogen (secondary N) is 1. The summed E-state index contributed by atoms with van der Waals surface area (Å²) in [5, 5.41) is 5.32. The first-order valence-electron chi connectivity index (χ1n) is 6.41. The van der Waals surface area contributed by atoms with Crippen molar-refractivity contribution in [3.63, 3.8) is 0 Å². The number of hydrogen-bond acceptors (Lipinski definition) is 5. The second kappa shape index (κ2) is 5.98. The van der Waals surface area contributed by atoms with Crippen LogP contribution in [0.15, 0.2) is 42.7 Å². The molecule has 0 amide bonds. The SMILES string of the molecule is COCCNc1ncc(-c2ccnc3ccccc23)s1. The largest absolute Gasteiger partial charge is 0.383 e. The summed E-state index contributed by atoms with van der Waals surface area (Å²) in [5.41, 5.74) is 2.18. The highest BCUT2D eigenvalue weighted by Crippen LogP contribution is 2.33. The van der Waals surface area contributed by atoms with Gasteiger partial charge in [-0.05, 0) is 12.1 Å². The molecule has 0 aliphatic rings. The zero-order valence-corrected chi connectivity index (χ0v) is 12.0. The molecule has 3 aromatic rings. The van der Waals surface area contributed by atoms with Crippen molar-refractivity contribution < 1.29 is 4.74 Å². The van der Waals surface area contributed by atoms with E-state index in [1.165, 1.54) is 5.56 Å². The molecule has 0 aliphatic carbocycles. The smallest absolute Gasteiger partial charge is 0.183 e. The molecule has 0 saturated heterocycles. The van der Waals surface area contributed by atoms with Crippen molar-refractivity contribution in [2.75, 3.05) is 25.6 Å². The summed E-state index contributed by atoms with van der Waals surface area (Å²) < 4.78 is 5.02. The van der Waals surface area contributed by atoms with Gasteiger partial charge in [-0.15, -0.1) is 0 Å². The van der Waals surface area contributed by atoms with Crippen molar-refractivity contribution in [1.82, 2.24) is 9.97 Å². The summed E-state index contributed by atoms with van der Waals surface area (Å²) in [4.78, 5) is 9.93. The van der Waals surface area contributed by atoms with Gasteiger partial charge in [-0.3, -0.25) is 4.98 Å². The molecule has 0 aliphatic heterocycles. The lowest BCUT2D eigenvalue weighted by atomic mass is 10.1. The molecule has 1 aromatic carbocycles. The fourth-order valence-corrected chi connectivity index (χ4v) is 2.93. The molecular weight excluding hydrogens is 270 g/mol. The van der Waals surface area contributed by atoms with Crippen LogP contribution in [0.3, 0.4) is 0 Å². The number of rotatable bonds is 5. The predicted octanol–water partition coefficient (Wildman–Crippen LogP) is 3.42. The van der Waals surface area contributed by atoms with Gasteiger partial charge in [-0.2, -0.15) is 0 Å². The van der Waals surface area contributed by atoms with Gasteiger partial charge in [0, 0.05) is 37.0 Å². The maximum absolute atomic E-state index is 5.02. The Morgan fingerprint density at radius 2 is 2.10 bits per heavy atom. The lowest BCUT2D eigenvalue weighted by molar-refractivity contribution is 0.211. The van der Waals surface area contributed by atoms with Crippen LogP contribution in [-0.4, -0.2) is 30.2 Å².